The maximum atomic E-state index is 12.8. The molecule has 0 fully saturated rings. The zero-order valence-electron chi connectivity index (χ0n) is 45.8. The molecule has 9 nitrogen and oxygen atoms in total. The van der Waals surface area contributed by atoms with Gasteiger partial charge >= 0.3 is 17.9 Å². The molecule has 0 amide bonds. The SMILES string of the molecule is CC/C=C\C/C=C\C/C=C\C/C=C\C/C=C\C/C=C\CCC(=O)OC(COC(=O)CCCCCCCCCCCCCC/C=C\C/C=C\C/C=C\CCCCCCC)COC(OCC[N+](C)(C)C)C(=O)O. The number of hydrogen-bond donors (Lipinski definition) is 1. The summed E-state index contributed by atoms with van der Waals surface area (Å²) >= 11 is 0. The van der Waals surface area contributed by atoms with E-state index in [0.717, 1.165) is 70.6 Å². The average Bonchev–Trinajstić information content (AvgIpc) is 3.34. The van der Waals surface area contributed by atoms with E-state index in [0.29, 0.717) is 17.4 Å². The minimum absolute atomic E-state index is 0.129. The first-order valence-corrected chi connectivity index (χ1v) is 28.1. The van der Waals surface area contributed by atoms with E-state index in [1.807, 2.05) is 33.3 Å². The van der Waals surface area contributed by atoms with Crippen LogP contribution in [0.15, 0.2) is 109 Å². The Morgan fingerprint density at radius 1 is 0.437 bits per heavy atom. The van der Waals surface area contributed by atoms with E-state index in [1.54, 1.807) is 0 Å². The first kappa shape index (κ1) is 67.0. The number of carbonyl (C=O) groups excluding carboxylic acids is 2. The Morgan fingerprint density at radius 3 is 1.25 bits per heavy atom. The van der Waals surface area contributed by atoms with Gasteiger partial charge in [0.25, 0.3) is 6.29 Å². The topological polar surface area (TPSA) is 108 Å². The molecule has 71 heavy (non-hydrogen) atoms. The van der Waals surface area contributed by atoms with Crippen LogP contribution in [0.25, 0.3) is 0 Å². The molecule has 2 atom stereocenters. The van der Waals surface area contributed by atoms with Gasteiger partial charge in [0.2, 0.25) is 0 Å². The second-order valence-corrected chi connectivity index (χ2v) is 19.5. The van der Waals surface area contributed by atoms with E-state index in [2.05, 4.69) is 111 Å². The lowest BCUT2D eigenvalue weighted by Crippen LogP contribution is -2.40. The van der Waals surface area contributed by atoms with E-state index < -0.39 is 24.3 Å². The van der Waals surface area contributed by atoms with Crippen LogP contribution in [0.5, 0.6) is 0 Å². The number of carboxylic acids is 1. The molecule has 0 aliphatic heterocycles. The molecule has 404 valence electrons. The van der Waals surface area contributed by atoms with Crippen LogP contribution >= 0.6 is 0 Å². The monoisotopic (exact) mass is 991 g/mol. The Hall–Kier alpha value is -4.05. The Balaban J connectivity index is 4.35. The fraction of sp³-hybridized carbons (Fsp3) is 0.661. The lowest BCUT2D eigenvalue weighted by molar-refractivity contribution is -0.870. The predicted molar refractivity (Wildman–Crippen MR) is 299 cm³/mol. The second-order valence-electron chi connectivity index (χ2n) is 19.5. The van der Waals surface area contributed by atoms with E-state index >= 15 is 0 Å². The maximum Gasteiger partial charge on any atom is 0.361 e. The fourth-order valence-electron chi connectivity index (χ4n) is 7.22. The zero-order chi connectivity index (χ0) is 52.0. The molecule has 0 aromatic carbocycles. The quantitative estimate of drug-likeness (QED) is 0.0211. The van der Waals surface area contributed by atoms with Crippen molar-refractivity contribution >= 4 is 17.9 Å². The largest absolute Gasteiger partial charge is 0.477 e. The van der Waals surface area contributed by atoms with Crippen molar-refractivity contribution in [2.75, 3.05) is 47.5 Å². The third kappa shape index (κ3) is 53.6. The summed E-state index contributed by atoms with van der Waals surface area (Å²) in [7, 11) is 5.93. The smallest absolute Gasteiger partial charge is 0.361 e. The Kier molecular flexibility index (Phi) is 49.3. The molecule has 0 aliphatic carbocycles. The van der Waals surface area contributed by atoms with E-state index in [1.165, 1.54) is 103 Å². The lowest BCUT2D eigenvalue weighted by atomic mass is 10.0. The molecule has 0 rings (SSSR count). The maximum absolute atomic E-state index is 12.8. The van der Waals surface area contributed by atoms with Crippen LogP contribution in [0, 0.1) is 0 Å². The van der Waals surface area contributed by atoms with Crippen LogP contribution in [0.4, 0.5) is 0 Å². The Morgan fingerprint density at radius 2 is 0.831 bits per heavy atom. The highest BCUT2D eigenvalue weighted by Gasteiger charge is 2.25. The number of hydrogen-bond acceptors (Lipinski definition) is 7. The van der Waals surface area contributed by atoms with Gasteiger partial charge in [0, 0.05) is 12.8 Å². The molecular weight excluding hydrogens is 887 g/mol. The van der Waals surface area contributed by atoms with Gasteiger partial charge in [0.15, 0.2) is 6.10 Å². The highest BCUT2D eigenvalue weighted by Crippen LogP contribution is 2.14. The summed E-state index contributed by atoms with van der Waals surface area (Å²) in [5, 5.41) is 9.68. The normalized spacial score (nSPS) is 13.6. The van der Waals surface area contributed by atoms with Crippen molar-refractivity contribution in [3.63, 3.8) is 0 Å². The summed E-state index contributed by atoms with van der Waals surface area (Å²) in [6.07, 6.45) is 69.0. The molecule has 0 aromatic rings. The highest BCUT2D eigenvalue weighted by molar-refractivity contribution is 5.71. The third-order valence-electron chi connectivity index (χ3n) is 11.5. The van der Waals surface area contributed by atoms with E-state index in [4.69, 9.17) is 18.9 Å². The molecule has 1 N–H and O–H groups in total. The average molecular weight is 992 g/mol. The van der Waals surface area contributed by atoms with Gasteiger partial charge in [-0.3, -0.25) is 9.59 Å². The van der Waals surface area contributed by atoms with Gasteiger partial charge < -0.3 is 28.5 Å². The van der Waals surface area contributed by atoms with Crippen LogP contribution < -0.4 is 0 Å². The predicted octanol–water partition coefficient (Wildman–Crippen LogP) is 16.3. The van der Waals surface area contributed by atoms with Crippen LogP contribution in [0.2, 0.25) is 0 Å². The summed E-state index contributed by atoms with van der Waals surface area (Å²) in [5.41, 5.74) is 0. The number of esters is 2. The molecule has 0 saturated carbocycles. The van der Waals surface area contributed by atoms with Crippen LogP contribution in [0.1, 0.15) is 206 Å². The van der Waals surface area contributed by atoms with Crippen LogP contribution in [-0.4, -0.2) is 87.4 Å². The number of carbonyl (C=O) groups is 3. The molecule has 2 unspecified atom stereocenters. The van der Waals surface area contributed by atoms with Crippen molar-refractivity contribution in [3.05, 3.63) is 109 Å². The minimum Gasteiger partial charge on any atom is -0.477 e. The number of ether oxygens (including phenoxy) is 4. The molecule has 0 aliphatic rings. The number of allylic oxidation sites excluding steroid dienone is 18. The van der Waals surface area contributed by atoms with Crippen LogP contribution in [0.3, 0.4) is 0 Å². The van der Waals surface area contributed by atoms with Gasteiger partial charge in [0.1, 0.15) is 13.2 Å². The van der Waals surface area contributed by atoms with Crippen LogP contribution in [-0.2, 0) is 33.3 Å². The summed E-state index contributed by atoms with van der Waals surface area (Å²) in [6, 6.07) is 0. The summed E-state index contributed by atoms with van der Waals surface area (Å²) in [6.45, 7) is 4.65. The van der Waals surface area contributed by atoms with Gasteiger partial charge in [-0.2, -0.15) is 0 Å². The molecule has 0 aromatic heterocycles. The lowest BCUT2D eigenvalue weighted by Gasteiger charge is -2.25. The zero-order valence-corrected chi connectivity index (χ0v) is 45.8. The Bertz CT molecular complexity index is 1530. The van der Waals surface area contributed by atoms with E-state index in [-0.39, 0.29) is 38.6 Å². The number of nitrogens with zero attached hydrogens (tertiary/aromatic N) is 1. The Labute approximate surface area is 434 Å². The standard InChI is InChI=1S/C62H103NO8/c1-6-8-10-12-14-16-18-20-22-24-26-27-28-29-30-31-32-33-35-36-38-40-42-44-46-48-50-52-59(64)69-56-58(57-70-62(61(66)67)68-55-54-63(3,4)5)71-60(65)53-51-49-47-45-43-41-39-37-34-25-23-21-19-17-15-13-11-9-7-2/h9,11,15,17-18,20-21,23-24,26,28-29,34,37,41,43,47,49,58,62H,6-8,10,12-14,16,19,22,25,27,30-33,35-36,38-40,42,44-46,48,50-57H2,1-5H3/p+1/b11-9-,17-15-,20-18-,23-21-,26-24-,29-28-,37-34-,43-41-,49-47-. The first-order valence-electron chi connectivity index (χ1n) is 28.1. The summed E-state index contributed by atoms with van der Waals surface area (Å²) in [4.78, 5) is 37.3. The van der Waals surface area contributed by atoms with Gasteiger partial charge in [-0.25, -0.2) is 4.79 Å². The summed E-state index contributed by atoms with van der Waals surface area (Å²) < 4.78 is 22.7. The molecular formula is C62H104NO8+. The number of rotatable bonds is 50. The van der Waals surface area contributed by atoms with Gasteiger partial charge in [-0.15, -0.1) is 0 Å². The number of likely N-dealkylation sites (N-methyl/N-ethyl adjacent to an activating group) is 1. The molecule has 0 bridgehead atoms. The first-order chi connectivity index (χ1) is 34.6. The molecule has 0 heterocycles. The van der Waals surface area contributed by atoms with Crippen molar-refractivity contribution in [3.8, 4) is 0 Å². The second kappa shape index (κ2) is 52.3. The molecule has 9 heteroatoms. The summed E-state index contributed by atoms with van der Waals surface area (Å²) in [5.74, 6) is -2.13. The van der Waals surface area contributed by atoms with Crippen molar-refractivity contribution in [2.45, 2.75) is 219 Å². The van der Waals surface area contributed by atoms with Gasteiger partial charge in [-0.05, 0) is 89.9 Å². The van der Waals surface area contributed by atoms with Crippen molar-refractivity contribution in [1.29, 1.82) is 0 Å². The van der Waals surface area contributed by atoms with E-state index in [9.17, 15) is 19.5 Å². The number of unbranched alkanes of at least 4 members (excludes halogenated alkanes) is 17. The van der Waals surface area contributed by atoms with Gasteiger partial charge in [0.05, 0.1) is 34.4 Å². The minimum atomic E-state index is -1.54. The van der Waals surface area contributed by atoms with Crippen molar-refractivity contribution in [1.82, 2.24) is 0 Å². The van der Waals surface area contributed by atoms with Gasteiger partial charge in [-0.1, -0.05) is 213 Å². The number of carboxylic acid groups (broad SMARTS) is 1. The van der Waals surface area contributed by atoms with Crippen molar-refractivity contribution < 1.29 is 42.9 Å². The number of quaternary nitrogens is 1. The highest BCUT2D eigenvalue weighted by atomic mass is 16.7. The molecule has 0 radical (unpaired) electrons. The number of aliphatic carboxylic acids is 1. The fourth-order valence-corrected chi connectivity index (χ4v) is 7.22. The molecule has 0 spiro atoms. The molecule has 0 saturated heterocycles. The third-order valence-corrected chi connectivity index (χ3v) is 11.5. The van der Waals surface area contributed by atoms with Crippen molar-refractivity contribution in [2.24, 2.45) is 0 Å².